The van der Waals surface area contributed by atoms with Crippen molar-refractivity contribution in [2.45, 2.75) is 51.7 Å². The number of nitrogens with two attached hydrogens (primary N) is 1. The van der Waals surface area contributed by atoms with Gasteiger partial charge >= 0.3 is 0 Å². The molecule has 2 unspecified atom stereocenters. The largest absolute Gasteiger partial charge is 0.489 e. The summed E-state index contributed by atoms with van der Waals surface area (Å²) in [6.07, 6.45) is 5.24. The Morgan fingerprint density at radius 3 is 2.71 bits per heavy atom. The van der Waals surface area contributed by atoms with Crippen LogP contribution in [-0.2, 0) is 0 Å². The highest BCUT2D eigenvalue weighted by Crippen LogP contribution is 2.36. The molecule has 3 atom stereocenters. The summed E-state index contributed by atoms with van der Waals surface area (Å²) >= 11 is 0. The van der Waals surface area contributed by atoms with E-state index in [1.165, 1.54) is 23.6 Å². The first-order chi connectivity index (χ1) is 10.1. The lowest BCUT2D eigenvalue weighted by atomic mass is 9.88. The van der Waals surface area contributed by atoms with Gasteiger partial charge in [0.25, 0.3) is 0 Å². The molecule has 112 valence electrons. The van der Waals surface area contributed by atoms with Crippen molar-refractivity contribution < 1.29 is 4.74 Å². The van der Waals surface area contributed by atoms with Crippen LogP contribution in [-0.4, -0.2) is 6.10 Å². The summed E-state index contributed by atoms with van der Waals surface area (Å²) in [6.45, 7) is 4.35. The van der Waals surface area contributed by atoms with E-state index in [1.807, 2.05) is 6.92 Å². The molecule has 1 aliphatic rings. The van der Waals surface area contributed by atoms with E-state index >= 15 is 0 Å². The molecule has 1 saturated carbocycles. The number of benzene rings is 2. The highest BCUT2D eigenvalue weighted by Gasteiger charge is 2.22. The molecule has 3 rings (SSSR count). The summed E-state index contributed by atoms with van der Waals surface area (Å²) in [5.41, 5.74) is 7.28. The molecule has 0 amide bonds. The van der Waals surface area contributed by atoms with Crippen molar-refractivity contribution >= 4 is 10.8 Å². The summed E-state index contributed by atoms with van der Waals surface area (Å²) < 4.78 is 6.45. The van der Waals surface area contributed by atoms with Crippen LogP contribution < -0.4 is 10.5 Å². The third-order valence-electron chi connectivity index (χ3n) is 4.57. The van der Waals surface area contributed by atoms with Gasteiger partial charge in [-0.15, -0.1) is 0 Å². The van der Waals surface area contributed by atoms with Crippen molar-refractivity contribution in [3.63, 3.8) is 0 Å². The standard InChI is InChI=1S/C19H25NO/c1-13-6-5-8-16(12-13)21-19-17(14(2)20)11-10-15-7-3-4-9-18(15)19/h3-4,7,9-11,13-14,16H,5-6,8,12,20H2,1-2H3/t13?,14-,16?/m1/s1. The van der Waals surface area contributed by atoms with E-state index < -0.39 is 0 Å². The average Bonchev–Trinajstić information content (AvgIpc) is 2.47. The Balaban J connectivity index is 1.99. The molecule has 1 aliphatic carbocycles. The lowest BCUT2D eigenvalue weighted by Crippen LogP contribution is -2.25. The quantitative estimate of drug-likeness (QED) is 0.876. The van der Waals surface area contributed by atoms with E-state index in [4.69, 9.17) is 10.5 Å². The predicted octanol–water partition coefficient (Wildman–Crippen LogP) is 4.82. The average molecular weight is 283 g/mol. The van der Waals surface area contributed by atoms with E-state index in [9.17, 15) is 0 Å². The van der Waals surface area contributed by atoms with E-state index in [0.29, 0.717) is 6.10 Å². The second-order valence-corrected chi connectivity index (χ2v) is 6.51. The summed E-state index contributed by atoms with van der Waals surface area (Å²) in [5, 5.41) is 2.41. The maximum Gasteiger partial charge on any atom is 0.132 e. The Hall–Kier alpha value is -1.54. The number of rotatable bonds is 3. The smallest absolute Gasteiger partial charge is 0.132 e. The fourth-order valence-electron chi connectivity index (χ4n) is 3.40. The van der Waals surface area contributed by atoms with Crippen molar-refractivity contribution in [3.05, 3.63) is 42.0 Å². The molecule has 0 saturated heterocycles. The van der Waals surface area contributed by atoms with Gasteiger partial charge in [0.05, 0.1) is 6.10 Å². The maximum absolute atomic E-state index is 6.45. The minimum atomic E-state index is -0.00869. The molecule has 2 aromatic carbocycles. The minimum absolute atomic E-state index is 0.00869. The Morgan fingerprint density at radius 2 is 1.95 bits per heavy atom. The molecule has 1 fully saturated rings. The van der Waals surface area contributed by atoms with Gasteiger partial charge < -0.3 is 10.5 Å². The van der Waals surface area contributed by atoms with E-state index in [-0.39, 0.29) is 6.04 Å². The van der Waals surface area contributed by atoms with Gasteiger partial charge in [0.1, 0.15) is 5.75 Å². The Labute approximate surface area is 127 Å². The number of ether oxygens (including phenoxy) is 1. The third-order valence-corrected chi connectivity index (χ3v) is 4.57. The topological polar surface area (TPSA) is 35.2 Å². The molecule has 0 radical (unpaired) electrons. The molecule has 0 heterocycles. The molecule has 2 heteroatoms. The Bertz CT molecular complexity index is 620. The van der Waals surface area contributed by atoms with Crippen LogP contribution in [0, 0.1) is 5.92 Å². The lowest BCUT2D eigenvalue weighted by Gasteiger charge is -2.29. The van der Waals surface area contributed by atoms with Crippen LogP contribution in [0.2, 0.25) is 0 Å². The highest BCUT2D eigenvalue weighted by atomic mass is 16.5. The SMILES string of the molecule is CC1CCCC(Oc2c([C@@H](C)N)ccc3ccccc23)C1. The van der Waals surface area contributed by atoms with Crippen LogP contribution in [0.4, 0.5) is 0 Å². The summed E-state index contributed by atoms with van der Waals surface area (Å²) in [5.74, 6) is 1.76. The van der Waals surface area contributed by atoms with Gasteiger partial charge in [-0.3, -0.25) is 0 Å². The molecule has 21 heavy (non-hydrogen) atoms. The van der Waals surface area contributed by atoms with Gasteiger partial charge in [-0.2, -0.15) is 0 Å². The molecule has 0 spiro atoms. The fourth-order valence-corrected chi connectivity index (χ4v) is 3.40. The second-order valence-electron chi connectivity index (χ2n) is 6.51. The van der Waals surface area contributed by atoms with Crippen molar-refractivity contribution in [1.29, 1.82) is 0 Å². The first-order valence-corrected chi connectivity index (χ1v) is 8.09. The van der Waals surface area contributed by atoms with Crippen LogP contribution in [0.3, 0.4) is 0 Å². The molecule has 0 aromatic heterocycles. The van der Waals surface area contributed by atoms with E-state index in [2.05, 4.69) is 43.3 Å². The van der Waals surface area contributed by atoms with Crippen LogP contribution in [0.1, 0.15) is 51.1 Å². The second kappa shape index (κ2) is 6.07. The molecule has 0 aliphatic heterocycles. The zero-order chi connectivity index (χ0) is 14.8. The van der Waals surface area contributed by atoms with Gasteiger partial charge in [-0.1, -0.05) is 49.7 Å². The van der Waals surface area contributed by atoms with Crippen LogP contribution in [0.25, 0.3) is 10.8 Å². The van der Waals surface area contributed by atoms with Gasteiger partial charge in [0.15, 0.2) is 0 Å². The molecule has 0 bridgehead atoms. The van der Waals surface area contributed by atoms with E-state index in [0.717, 1.165) is 30.1 Å². The van der Waals surface area contributed by atoms with Crippen LogP contribution in [0.5, 0.6) is 5.75 Å². The third kappa shape index (κ3) is 3.06. The monoisotopic (exact) mass is 283 g/mol. The normalized spacial score (nSPS) is 24.0. The van der Waals surface area contributed by atoms with Crippen molar-refractivity contribution in [2.75, 3.05) is 0 Å². The van der Waals surface area contributed by atoms with Crippen molar-refractivity contribution in [3.8, 4) is 5.75 Å². The predicted molar refractivity (Wildman–Crippen MR) is 88.6 cm³/mol. The maximum atomic E-state index is 6.45. The summed E-state index contributed by atoms with van der Waals surface area (Å²) in [7, 11) is 0. The minimum Gasteiger partial charge on any atom is -0.489 e. The zero-order valence-corrected chi connectivity index (χ0v) is 13.0. The molecule has 2 N–H and O–H groups in total. The molecular formula is C19H25NO. The summed E-state index contributed by atoms with van der Waals surface area (Å²) in [4.78, 5) is 0. The van der Waals surface area contributed by atoms with Gasteiger partial charge in [-0.25, -0.2) is 0 Å². The highest BCUT2D eigenvalue weighted by molar-refractivity contribution is 5.89. The first kappa shape index (κ1) is 14.4. The van der Waals surface area contributed by atoms with Gasteiger partial charge in [-0.05, 0) is 37.5 Å². The van der Waals surface area contributed by atoms with Crippen molar-refractivity contribution in [2.24, 2.45) is 11.7 Å². The number of hydrogen-bond acceptors (Lipinski definition) is 2. The fraction of sp³-hybridized carbons (Fsp3) is 0.474. The Kier molecular flexibility index (Phi) is 4.16. The Morgan fingerprint density at radius 1 is 1.14 bits per heavy atom. The number of fused-ring (bicyclic) bond motifs is 1. The van der Waals surface area contributed by atoms with Crippen LogP contribution in [0.15, 0.2) is 36.4 Å². The molecule has 2 aromatic rings. The summed E-state index contributed by atoms with van der Waals surface area (Å²) in [6, 6.07) is 12.7. The van der Waals surface area contributed by atoms with Crippen LogP contribution >= 0.6 is 0 Å². The molecule has 2 nitrogen and oxygen atoms in total. The lowest BCUT2D eigenvalue weighted by molar-refractivity contribution is 0.129. The molecular weight excluding hydrogens is 258 g/mol. The van der Waals surface area contributed by atoms with E-state index in [1.54, 1.807) is 0 Å². The number of hydrogen-bond donors (Lipinski definition) is 1. The van der Waals surface area contributed by atoms with Gasteiger partial charge in [0.2, 0.25) is 0 Å². The van der Waals surface area contributed by atoms with Gasteiger partial charge in [0, 0.05) is 17.0 Å². The first-order valence-electron chi connectivity index (χ1n) is 8.09. The van der Waals surface area contributed by atoms with Crippen molar-refractivity contribution in [1.82, 2.24) is 0 Å². The zero-order valence-electron chi connectivity index (χ0n) is 13.0.